The third-order valence-corrected chi connectivity index (χ3v) is 6.71. The Morgan fingerprint density at radius 2 is 1.00 bits per heavy atom. The number of hydrogen-bond acceptors (Lipinski definition) is 1. The van der Waals surface area contributed by atoms with Gasteiger partial charge in [-0.05, 0) is 45.1 Å². The molecule has 82 valence electrons. The molecule has 0 aromatic carbocycles. The van der Waals surface area contributed by atoms with Gasteiger partial charge in [0, 0.05) is 0 Å². The van der Waals surface area contributed by atoms with Crippen LogP contribution in [0.4, 0.5) is 0 Å². The zero-order valence-corrected chi connectivity index (χ0v) is 10.1. The third kappa shape index (κ3) is 2.70. The maximum absolute atomic E-state index is 6.49. The molecule has 0 aliphatic heterocycles. The van der Waals surface area contributed by atoms with Crippen LogP contribution in [0.3, 0.4) is 0 Å². The molecule has 0 aromatic heterocycles. The summed E-state index contributed by atoms with van der Waals surface area (Å²) in [5.41, 5.74) is 8.35. The summed E-state index contributed by atoms with van der Waals surface area (Å²) >= 11 is 0. The Morgan fingerprint density at radius 3 is 1.36 bits per heavy atom. The van der Waals surface area contributed by atoms with Crippen molar-refractivity contribution in [2.75, 3.05) is 0 Å². The molecule has 2 fully saturated rings. The van der Waals surface area contributed by atoms with Crippen LogP contribution in [0, 0.1) is 0 Å². The van der Waals surface area contributed by atoms with Crippen molar-refractivity contribution in [3.8, 4) is 0 Å². The van der Waals surface area contributed by atoms with Gasteiger partial charge in [-0.3, -0.25) is 0 Å². The van der Waals surface area contributed by atoms with E-state index in [4.69, 9.17) is 5.50 Å². The molecule has 0 spiro atoms. The molecule has 1 nitrogen and oxygen atoms in total. The molecule has 2 aliphatic rings. The molecule has 0 bridgehead atoms. The van der Waals surface area contributed by atoms with E-state index in [9.17, 15) is 0 Å². The van der Waals surface area contributed by atoms with Crippen molar-refractivity contribution in [1.29, 1.82) is 0 Å². The SMILES string of the molecule is NP(C1CCCCC1)C1CCCCC1. The summed E-state index contributed by atoms with van der Waals surface area (Å²) in [6.07, 6.45) is 14.5. The van der Waals surface area contributed by atoms with Gasteiger partial charge in [-0.1, -0.05) is 38.5 Å². The normalized spacial score (nSPS) is 27.0. The van der Waals surface area contributed by atoms with Crippen LogP contribution < -0.4 is 5.50 Å². The molecule has 0 heterocycles. The van der Waals surface area contributed by atoms with Crippen molar-refractivity contribution < 1.29 is 0 Å². The van der Waals surface area contributed by atoms with E-state index in [-0.39, 0.29) is 8.07 Å². The van der Waals surface area contributed by atoms with Gasteiger partial charge in [-0.15, -0.1) is 0 Å². The summed E-state index contributed by atoms with van der Waals surface area (Å²) in [6, 6.07) is 0. The second kappa shape index (κ2) is 5.47. The molecule has 2 aliphatic carbocycles. The van der Waals surface area contributed by atoms with E-state index < -0.39 is 0 Å². The summed E-state index contributed by atoms with van der Waals surface area (Å²) in [7, 11) is -0.117. The fourth-order valence-corrected chi connectivity index (χ4v) is 5.58. The summed E-state index contributed by atoms with van der Waals surface area (Å²) in [5, 5.41) is 0. The topological polar surface area (TPSA) is 26.0 Å². The zero-order chi connectivity index (χ0) is 9.80. The fourth-order valence-electron chi connectivity index (χ4n) is 3.06. The van der Waals surface area contributed by atoms with E-state index in [1.54, 1.807) is 0 Å². The number of hydrogen-bond donors (Lipinski definition) is 1. The first-order valence-corrected chi connectivity index (χ1v) is 7.96. The van der Waals surface area contributed by atoms with Crippen LogP contribution in [-0.2, 0) is 0 Å². The molecule has 2 N–H and O–H groups in total. The fraction of sp³-hybridized carbons (Fsp3) is 1.00. The number of nitrogens with two attached hydrogens (primary N) is 1. The Kier molecular flexibility index (Phi) is 4.25. The molecule has 0 saturated heterocycles. The summed E-state index contributed by atoms with van der Waals surface area (Å²) < 4.78 is 0. The molecule has 0 atom stereocenters. The third-order valence-electron chi connectivity index (χ3n) is 3.99. The lowest BCUT2D eigenvalue weighted by Gasteiger charge is -2.35. The largest absolute Gasteiger partial charge is 0.309 e. The maximum atomic E-state index is 6.49. The minimum absolute atomic E-state index is 0.117. The first-order valence-electron chi connectivity index (χ1n) is 6.41. The van der Waals surface area contributed by atoms with Gasteiger partial charge in [-0.25, -0.2) is 0 Å². The summed E-state index contributed by atoms with van der Waals surface area (Å²) in [6.45, 7) is 0. The van der Waals surface area contributed by atoms with Gasteiger partial charge in [0.25, 0.3) is 0 Å². The van der Waals surface area contributed by atoms with Crippen molar-refractivity contribution in [3.63, 3.8) is 0 Å². The predicted molar refractivity (Wildman–Crippen MR) is 64.9 cm³/mol. The van der Waals surface area contributed by atoms with Crippen molar-refractivity contribution >= 4 is 8.07 Å². The van der Waals surface area contributed by atoms with Crippen molar-refractivity contribution in [1.82, 2.24) is 0 Å². The Labute approximate surface area is 89.6 Å². The highest BCUT2D eigenvalue weighted by Crippen LogP contribution is 2.49. The van der Waals surface area contributed by atoms with Gasteiger partial charge in [0.15, 0.2) is 0 Å². The highest BCUT2D eigenvalue weighted by Gasteiger charge is 2.28. The molecule has 0 amide bonds. The summed E-state index contributed by atoms with van der Waals surface area (Å²) in [4.78, 5) is 0. The first kappa shape index (κ1) is 10.9. The molecule has 2 saturated carbocycles. The van der Waals surface area contributed by atoms with Crippen molar-refractivity contribution in [2.45, 2.75) is 75.5 Å². The van der Waals surface area contributed by atoms with Gasteiger partial charge in [-0.2, -0.15) is 0 Å². The Hall–Kier alpha value is 0.390. The van der Waals surface area contributed by atoms with Crippen LogP contribution in [0.15, 0.2) is 0 Å². The van der Waals surface area contributed by atoms with Gasteiger partial charge < -0.3 is 5.50 Å². The molecular weight excluding hydrogens is 189 g/mol. The standard InChI is InChI=1S/C12H24NP/c13-14(11-7-3-1-4-8-11)12-9-5-2-6-10-12/h11-12H,1-10,13H2. The lowest BCUT2D eigenvalue weighted by molar-refractivity contribution is 0.484. The highest BCUT2D eigenvalue weighted by atomic mass is 31.1. The van der Waals surface area contributed by atoms with Crippen LogP contribution >= 0.6 is 8.07 Å². The molecule has 0 unspecified atom stereocenters. The van der Waals surface area contributed by atoms with E-state index >= 15 is 0 Å². The molecule has 2 rings (SSSR count). The van der Waals surface area contributed by atoms with Crippen LogP contribution in [0.5, 0.6) is 0 Å². The second-order valence-electron chi connectivity index (χ2n) is 5.03. The highest BCUT2D eigenvalue weighted by molar-refractivity contribution is 7.56. The van der Waals surface area contributed by atoms with Crippen LogP contribution in [-0.4, -0.2) is 11.3 Å². The van der Waals surface area contributed by atoms with E-state index in [1.807, 2.05) is 0 Å². The van der Waals surface area contributed by atoms with Gasteiger partial charge in [0.1, 0.15) is 0 Å². The predicted octanol–water partition coefficient (Wildman–Crippen LogP) is 4.01. The van der Waals surface area contributed by atoms with Gasteiger partial charge in [0.05, 0.1) is 0 Å². The zero-order valence-electron chi connectivity index (χ0n) is 9.25. The monoisotopic (exact) mass is 213 g/mol. The summed E-state index contributed by atoms with van der Waals surface area (Å²) in [5.74, 6) is 0. The lowest BCUT2D eigenvalue weighted by Crippen LogP contribution is -2.24. The van der Waals surface area contributed by atoms with Crippen LogP contribution in [0.25, 0.3) is 0 Å². The van der Waals surface area contributed by atoms with E-state index in [2.05, 4.69) is 0 Å². The Morgan fingerprint density at radius 1 is 0.643 bits per heavy atom. The number of rotatable bonds is 2. The molecule has 14 heavy (non-hydrogen) atoms. The van der Waals surface area contributed by atoms with Crippen LogP contribution in [0.1, 0.15) is 64.2 Å². The van der Waals surface area contributed by atoms with Crippen molar-refractivity contribution in [2.24, 2.45) is 5.50 Å². The Bertz CT molecular complexity index is 142. The first-order chi connectivity index (χ1) is 6.88. The Balaban J connectivity index is 1.82. The second-order valence-corrected chi connectivity index (χ2v) is 7.39. The smallest absolute Gasteiger partial charge is 0.00778 e. The van der Waals surface area contributed by atoms with E-state index in [0.717, 1.165) is 11.3 Å². The van der Waals surface area contributed by atoms with E-state index in [1.165, 1.54) is 64.2 Å². The van der Waals surface area contributed by atoms with E-state index in [0.29, 0.717) is 0 Å². The average molecular weight is 213 g/mol. The quantitative estimate of drug-likeness (QED) is 0.689. The minimum Gasteiger partial charge on any atom is -0.309 e. The van der Waals surface area contributed by atoms with Crippen LogP contribution in [0.2, 0.25) is 0 Å². The van der Waals surface area contributed by atoms with Gasteiger partial charge >= 0.3 is 0 Å². The molecule has 0 aromatic rings. The molecular formula is C12H24NP. The minimum atomic E-state index is -0.117. The van der Waals surface area contributed by atoms with Gasteiger partial charge in [0.2, 0.25) is 0 Å². The lowest BCUT2D eigenvalue weighted by atomic mass is 10.00. The maximum Gasteiger partial charge on any atom is -0.00778 e. The molecule has 2 heteroatoms. The van der Waals surface area contributed by atoms with Crippen molar-refractivity contribution in [3.05, 3.63) is 0 Å². The molecule has 0 radical (unpaired) electrons. The average Bonchev–Trinajstić information content (AvgIpc) is 2.30.